The van der Waals surface area contributed by atoms with Crippen molar-refractivity contribution in [3.63, 3.8) is 0 Å². The Morgan fingerprint density at radius 1 is 1.00 bits per heavy atom. The zero-order valence-electron chi connectivity index (χ0n) is 11.0. The van der Waals surface area contributed by atoms with Crippen molar-refractivity contribution in [1.29, 1.82) is 0 Å². The highest BCUT2D eigenvalue weighted by Gasteiger charge is 2.16. The van der Waals surface area contributed by atoms with Crippen LogP contribution in [0.4, 0.5) is 0 Å². The molecular weight excluding hydrogens is 256 g/mol. The summed E-state index contributed by atoms with van der Waals surface area (Å²) in [7, 11) is 1.53. The summed E-state index contributed by atoms with van der Waals surface area (Å²) in [5.41, 5.74) is 1.03. The van der Waals surface area contributed by atoms with Crippen LogP contribution in [0, 0.1) is 0 Å². The number of phenolic OH excluding ortho intramolecular Hbond substituents is 1. The van der Waals surface area contributed by atoms with Crippen molar-refractivity contribution in [1.82, 2.24) is 0 Å². The summed E-state index contributed by atoms with van der Waals surface area (Å²) in [6.45, 7) is 0. The van der Waals surface area contributed by atoms with Crippen LogP contribution in [0.5, 0.6) is 11.5 Å². The number of benzene rings is 2. The van der Waals surface area contributed by atoms with Crippen molar-refractivity contribution in [2.45, 2.75) is 6.42 Å². The summed E-state index contributed by atoms with van der Waals surface area (Å²) in [4.78, 5) is 23.9. The maximum absolute atomic E-state index is 12.0. The number of hydrogen-bond acceptors (Lipinski definition) is 4. The summed E-state index contributed by atoms with van der Waals surface area (Å²) in [6.07, 6.45) is 0.0190. The van der Waals surface area contributed by atoms with Gasteiger partial charge in [0.1, 0.15) is 11.5 Å². The molecule has 4 nitrogen and oxygen atoms in total. The van der Waals surface area contributed by atoms with Crippen molar-refractivity contribution in [3.8, 4) is 11.5 Å². The first kappa shape index (κ1) is 13.8. The summed E-state index contributed by atoms with van der Waals surface area (Å²) in [6, 6.07) is 12.6. The predicted molar refractivity (Wildman–Crippen MR) is 74.1 cm³/mol. The van der Waals surface area contributed by atoms with Gasteiger partial charge in [0.2, 0.25) is 11.6 Å². The molecule has 0 spiro atoms. The number of carbonyl (C=O) groups is 2. The van der Waals surface area contributed by atoms with E-state index in [0.29, 0.717) is 16.9 Å². The number of phenols is 1. The van der Waals surface area contributed by atoms with Gasteiger partial charge in [-0.25, -0.2) is 0 Å². The Morgan fingerprint density at radius 2 is 1.60 bits per heavy atom. The van der Waals surface area contributed by atoms with Gasteiger partial charge in [-0.2, -0.15) is 0 Å². The lowest BCUT2D eigenvalue weighted by atomic mass is 10.0. The monoisotopic (exact) mass is 270 g/mol. The second-order valence-corrected chi connectivity index (χ2v) is 4.32. The minimum Gasteiger partial charge on any atom is -0.508 e. The van der Waals surface area contributed by atoms with Gasteiger partial charge in [0.05, 0.1) is 7.11 Å². The molecule has 4 heteroatoms. The fourth-order valence-corrected chi connectivity index (χ4v) is 1.78. The minimum atomic E-state index is -0.527. The highest BCUT2D eigenvalue weighted by molar-refractivity contribution is 6.44. The molecule has 2 rings (SSSR count). The first-order valence-corrected chi connectivity index (χ1v) is 6.09. The van der Waals surface area contributed by atoms with Crippen LogP contribution < -0.4 is 4.74 Å². The van der Waals surface area contributed by atoms with E-state index in [2.05, 4.69) is 0 Å². The largest absolute Gasteiger partial charge is 0.508 e. The SMILES string of the molecule is COc1ccc(C(=O)C(=O)Cc2ccc(O)cc2)cc1. The summed E-state index contributed by atoms with van der Waals surface area (Å²) in [5, 5.41) is 9.16. The van der Waals surface area contributed by atoms with Gasteiger partial charge < -0.3 is 9.84 Å². The number of ether oxygens (including phenoxy) is 1. The average molecular weight is 270 g/mol. The summed E-state index contributed by atoms with van der Waals surface area (Å²) >= 11 is 0. The van der Waals surface area contributed by atoms with E-state index < -0.39 is 11.6 Å². The number of ketones is 2. The third-order valence-electron chi connectivity index (χ3n) is 2.91. The van der Waals surface area contributed by atoms with Crippen LogP contribution in [-0.4, -0.2) is 23.8 Å². The molecule has 0 radical (unpaired) electrons. The van der Waals surface area contributed by atoms with E-state index in [1.807, 2.05) is 0 Å². The zero-order valence-corrected chi connectivity index (χ0v) is 11.0. The Hall–Kier alpha value is -2.62. The number of carbonyl (C=O) groups excluding carboxylic acids is 2. The fraction of sp³-hybridized carbons (Fsp3) is 0.125. The highest BCUT2D eigenvalue weighted by atomic mass is 16.5. The lowest BCUT2D eigenvalue weighted by Gasteiger charge is -2.03. The fourth-order valence-electron chi connectivity index (χ4n) is 1.78. The molecule has 0 amide bonds. The van der Waals surface area contributed by atoms with Crippen molar-refractivity contribution in [3.05, 3.63) is 59.7 Å². The van der Waals surface area contributed by atoms with E-state index in [0.717, 1.165) is 0 Å². The Morgan fingerprint density at radius 3 is 2.15 bits per heavy atom. The Labute approximate surface area is 116 Å². The predicted octanol–water partition coefficient (Wildman–Crippen LogP) is 2.40. The van der Waals surface area contributed by atoms with E-state index >= 15 is 0 Å². The Bertz CT molecular complexity index is 612. The second-order valence-electron chi connectivity index (χ2n) is 4.32. The van der Waals surface area contributed by atoms with E-state index in [9.17, 15) is 9.59 Å². The Kier molecular flexibility index (Phi) is 4.15. The maximum atomic E-state index is 12.0. The van der Waals surface area contributed by atoms with Crippen LogP contribution in [0.1, 0.15) is 15.9 Å². The van der Waals surface area contributed by atoms with E-state index in [4.69, 9.17) is 9.84 Å². The molecule has 0 aliphatic rings. The molecule has 0 aliphatic heterocycles. The lowest BCUT2D eigenvalue weighted by molar-refractivity contribution is -0.114. The first-order valence-electron chi connectivity index (χ1n) is 6.09. The van der Waals surface area contributed by atoms with Crippen LogP contribution in [0.15, 0.2) is 48.5 Å². The molecule has 2 aromatic rings. The van der Waals surface area contributed by atoms with Gasteiger partial charge in [-0.3, -0.25) is 9.59 Å². The lowest BCUT2D eigenvalue weighted by Crippen LogP contribution is -2.16. The van der Waals surface area contributed by atoms with Gasteiger partial charge in [-0.15, -0.1) is 0 Å². The molecule has 0 atom stereocenters. The molecule has 2 aromatic carbocycles. The van der Waals surface area contributed by atoms with Crippen LogP contribution >= 0.6 is 0 Å². The third-order valence-corrected chi connectivity index (χ3v) is 2.91. The third kappa shape index (κ3) is 3.23. The average Bonchev–Trinajstić information content (AvgIpc) is 2.49. The molecule has 0 saturated heterocycles. The highest BCUT2D eigenvalue weighted by Crippen LogP contribution is 2.14. The van der Waals surface area contributed by atoms with Gasteiger partial charge in [0, 0.05) is 12.0 Å². The zero-order chi connectivity index (χ0) is 14.5. The molecule has 0 fully saturated rings. The van der Waals surface area contributed by atoms with Crippen molar-refractivity contribution in [2.24, 2.45) is 0 Å². The van der Waals surface area contributed by atoms with Gasteiger partial charge in [-0.05, 0) is 42.0 Å². The number of aromatic hydroxyl groups is 1. The topological polar surface area (TPSA) is 63.6 Å². The van der Waals surface area contributed by atoms with Crippen LogP contribution in [0.25, 0.3) is 0 Å². The van der Waals surface area contributed by atoms with E-state index in [1.54, 1.807) is 36.4 Å². The molecule has 0 aliphatic carbocycles. The molecule has 1 N–H and O–H groups in total. The number of methoxy groups -OCH3 is 1. The molecule has 102 valence electrons. The quantitative estimate of drug-likeness (QED) is 0.669. The van der Waals surface area contributed by atoms with Crippen LogP contribution in [0.3, 0.4) is 0 Å². The van der Waals surface area contributed by atoms with Gasteiger partial charge >= 0.3 is 0 Å². The van der Waals surface area contributed by atoms with Crippen molar-refractivity contribution < 1.29 is 19.4 Å². The maximum Gasteiger partial charge on any atom is 0.228 e. The van der Waals surface area contributed by atoms with Crippen LogP contribution in [-0.2, 0) is 11.2 Å². The molecule has 0 saturated carbocycles. The number of hydrogen-bond donors (Lipinski definition) is 1. The normalized spacial score (nSPS) is 10.1. The van der Waals surface area contributed by atoms with Gasteiger partial charge in [-0.1, -0.05) is 12.1 Å². The summed E-state index contributed by atoms with van der Waals surface area (Å²) in [5.74, 6) is -0.253. The molecule has 0 bridgehead atoms. The molecule has 20 heavy (non-hydrogen) atoms. The van der Waals surface area contributed by atoms with Gasteiger partial charge in [0.15, 0.2) is 0 Å². The Balaban J connectivity index is 2.07. The van der Waals surface area contributed by atoms with Crippen LogP contribution in [0.2, 0.25) is 0 Å². The number of Topliss-reactive ketones (excluding diaryl/α,β-unsaturated/α-hetero) is 2. The molecule has 0 heterocycles. The number of rotatable bonds is 5. The van der Waals surface area contributed by atoms with Crippen molar-refractivity contribution >= 4 is 11.6 Å². The van der Waals surface area contributed by atoms with E-state index in [-0.39, 0.29) is 12.2 Å². The standard InChI is InChI=1S/C16H14O4/c1-20-14-8-4-12(5-9-14)16(19)15(18)10-11-2-6-13(17)7-3-11/h2-9,17H,10H2,1H3. The smallest absolute Gasteiger partial charge is 0.228 e. The molecule has 0 unspecified atom stereocenters. The minimum absolute atomic E-state index is 0.0190. The molecular formula is C16H14O4. The summed E-state index contributed by atoms with van der Waals surface area (Å²) < 4.78 is 5.00. The molecule has 0 aromatic heterocycles. The van der Waals surface area contributed by atoms with E-state index in [1.165, 1.54) is 19.2 Å². The second kappa shape index (κ2) is 6.02. The van der Waals surface area contributed by atoms with Crippen molar-refractivity contribution in [2.75, 3.05) is 7.11 Å². The van der Waals surface area contributed by atoms with Gasteiger partial charge in [0.25, 0.3) is 0 Å². The first-order chi connectivity index (χ1) is 9.60.